The molecule has 0 aromatic carbocycles. The molecule has 0 heterocycles. The Bertz CT molecular complexity index is 253. The van der Waals surface area contributed by atoms with Gasteiger partial charge in [0.25, 0.3) is 0 Å². The Kier molecular flexibility index (Phi) is 20.5. The van der Waals surface area contributed by atoms with Crippen LogP contribution in [0.4, 0.5) is 0 Å². The highest BCUT2D eigenvalue weighted by atomic mass is 79.9. The molecule has 0 saturated heterocycles. The van der Waals surface area contributed by atoms with E-state index < -0.39 is 7.38 Å². The van der Waals surface area contributed by atoms with Crippen molar-refractivity contribution < 1.29 is 0 Å². The lowest BCUT2D eigenvalue weighted by Gasteiger charge is -2.11. The molecule has 0 bridgehead atoms. The largest absolute Gasteiger partial charge is 0.168 e. The molecule has 0 spiro atoms. The summed E-state index contributed by atoms with van der Waals surface area (Å²) in [6.45, 7) is 4.53. The van der Waals surface area contributed by atoms with E-state index in [0.717, 1.165) is 0 Å². The van der Waals surface area contributed by atoms with Crippen molar-refractivity contribution in [2.75, 3.05) is 5.33 Å². The summed E-state index contributed by atoms with van der Waals surface area (Å²) in [6.07, 6.45) is 26.0. The predicted octanol–water partition coefficient (Wildman–Crippen LogP) is 9.85. The predicted molar refractivity (Wildman–Crippen MR) is 125 cm³/mol. The number of hydrogen-bond donors (Lipinski definition) is 0. The average molecular weight is 454 g/mol. The summed E-state index contributed by atoms with van der Waals surface area (Å²) in [4.78, 5) is 0. The van der Waals surface area contributed by atoms with E-state index in [1.165, 1.54) is 127 Å². The van der Waals surface area contributed by atoms with Crippen molar-refractivity contribution in [1.82, 2.24) is 0 Å². The smallest absolute Gasteiger partial charge is 0.150 e. The van der Waals surface area contributed by atoms with Gasteiger partial charge in [-0.05, 0) is 12.5 Å². The van der Waals surface area contributed by atoms with Crippen molar-refractivity contribution in [2.24, 2.45) is 0 Å². The van der Waals surface area contributed by atoms with E-state index in [2.05, 4.69) is 29.0 Å². The van der Waals surface area contributed by atoms with Crippen molar-refractivity contribution in [1.29, 1.82) is 0 Å². The molecule has 0 aliphatic heterocycles. The highest BCUT2D eigenvalue weighted by Gasteiger charge is 2.15. The fourth-order valence-electron chi connectivity index (χ4n) is 3.47. The lowest BCUT2D eigenvalue weighted by Crippen LogP contribution is -2.14. The molecule has 0 saturated carbocycles. The van der Waals surface area contributed by atoms with E-state index in [9.17, 15) is 0 Å². The van der Waals surface area contributed by atoms with Crippen molar-refractivity contribution in [3.63, 3.8) is 0 Å². The van der Waals surface area contributed by atoms with Gasteiger partial charge in [-0.2, -0.15) is 11.1 Å². The van der Waals surface area contributed by atoms with Crippen LogP contribution in [0.3, 0.4) is 0 Å². The Labute approximate surface area is 174 Å². The second-order valence-electron chi connectivity index (χ2n) is 8.52. The second-order valence-corrected chi connectivity index (χ2v) is 16.3. The van der Waals surface area contributed by atoms with Crippen LogP contribution < -0.4 is 0 Å². The second kappa shape index (κ2) is 19.7. The molecular formula is C22H46BrClSi. The van der Waals surface area contributed by atoms with Gasteiger partial charge >= 0.3 is 0 Å². The van der Waals surface area contributed by atoms with Crippen LogP contribution in [-0.2, 0) is 0 Å². The first-order valence-electron chi connectivity index (χ1n) is 11.3. The Morgan fingerprint density at radius 2 is 0.720 bits per heavy atom. The number of hydrogen-bond acceptors (Lipinski definition) is 0. The van der Waals surface area contributed by atoms with Gasteiger partial charge in [0.15, 0.2) is 0 Å². The molecule has 0 aromatic heterocycles. The molecule has 0 aromatic rings. The molecule has 0 nitrogen and oxygen atoms in total. The SMILES string of the molecule is C[Si](C)(Cl)CCCCCCCCCCCCCCCCCCCCBr. The molecule has 0 atom stereocenters. The third-order valence-corrected chi connectivity index (χ3v) is 7.83. The van der Waals surface area contributed by atoms with E-state index in [4.69, 9.17) is 11.1 Å². The fraction of sp³-hybridized carbons (Fsp3) is 1.00. The summed E-state index contributed by atoms with van der Waals surface area (Å²) in [6, 6.07) is 1.30. The minimum absolute atomic E-state index is 1.18. The molecule has 152 valence electrons. The fourth-order valence-corrected chi connectivity index (χ4v) is 5.36. The van der Waals surface area contributed by atoms with Crippen molar-refractivity contribution in [3.05, 3.63) is 0 Å². The summed E-state index contributed by atoms with van der Waals surface area (Å²) in [5, 5.41) is 1.18. The van der Waals surface area contributed by atoms with Crippen molar-refractivity contribution in [2.45, 2.75) is 135 Å². The highest BCUT2D eigenvalue weighted by Crippen LogP contribution is 2.19. The van der Waals surface area contributed by atoms with Gasteiger partial charge in [0.05, 0.1) is 0 Å². The van der Waals surface area contributed by atoms with Gasteiger partial charge in [0.2, 0.25) is 0 Å². The lowest BCUT2D eigenvalue weighted by atomic mass is 10.0. The maximum absolute atomic E-state index is 6.35. The molecule has 0 aliphatic carbocycles. The van der Waals surface area contributed by atoms with Crippen LogP contribution in [0.2, 0.25) is 19.1 Å². The van der Waals surface area contributed by atoms with E-state index in [-0.39, 0.29) is 0 Å². The van der Waals surface area contributed by atoms with Crippen LogP contribution in [0.5, 0.6) is 0 Å². The van der Waals surface area contributed by atoms with Crippen molar-refractivity contribution in [3.8, 4) is 0 Å². The summed E-state index contributed by atoms with van der Waals surface area (Å²) < 4.78 is 0. The Morgan fingerprint density at radius 3 is 0.960 bits per heavy atom. The zero-order valence-corrected chi connectivity index (χ0v) is 20.7. The van der Waals surface area contributed by atoms with Gasteiger partial charge < -0.3 is 0 Å². The minimum Gasteiger partial charge on any atom is -0.168 e. The quantitative estimate of drug-likeness (QED) is 0.0744. The van der Waals surface area contributed by atoms with Crippen LogP contribution in [0.15, 0.2) is 0 Å². The number of rotatable bonds is 20. The van der Waals surface area contributed by atoms with Crippen LogP contribution in [-0.4, -0.2) is 12.7 Å². The molecule has 0 rings (SSSR count). The van der Waals surface area contributed by atoms with Gasteiger partial charge in [0, 0.05) is 5.33 Å². The Balaban J connectivity index is 3.01. The van der Waals surface area contributed by atoms with Crippen molar-refractivity contribution >= 4 is 34.4 Å². The first-order valence-corrected chi connectivity index (χ1v) is 16.7. The molecule has 0 aliphatic rings. The first kappa shape index (κ1) is 26.0. The molecule has 0 fully saturated rings. The van der Waals surface area contributed by atoms with Gasteiger partial charge in [-0.1, -0.05) is 138 Å². The molecule has 0 unspecified atom stereocenters. The molecular weight excluding hydrogens is 408 g/mol. The molecule has 3 heteroatoms. The Hall–Kier alpha value is 0.987. The van der Waals surface area contributed by atoms with E-state index in [1.807, 2.05) is 0 Å². The van der Waals surface area contributed by atoms with E-state index in [0.29, 0.717) is 0 Å². The van der Waals surface area contributed by atoms with Crippen LogP contribution in [0.25, 0.3) is 0 Å². The van der Waals surface area contributed by atoms with Gasteiger partial charge in [-0.15, -0.1) is 0 Å². The average Bonchev–Trinajstić information content (AvgIpc) is 2.56. The van der Waals surface area contributed by atoms with Gasteiger partial charge in [-0.25, -0.2) is 0 Å². The molecule has 0 amide bonds. The summed E-state index contributed by atoms with van der Waals surface area (Å²) in [5.41, 5.74) is 0. The highest BCUT2D eigenvalue weighted by molar-refractivity contribution is 9.09. The number of unbranched alkanes of at least 4 members (excludes halogenated alkanes) is 17. The third kappa shape index (κ3) is 25.0. The minimum atomic E-state index is -1.30. The summed E-state index contributed by atoms with van der Waals surface area (Å²) in [7, 11) is -1.30. The summed E-state index contributed by atoms with van der Waals surface area (Å²) in [5.74, 6) is 0. The number of alkyl halides is 1. The molecule has 0 N–H and O–H groups in total. The normalized spacial score (nSPS) is 12.0. The topological polar surface area (TPSA) is 0 Å². The van der Waals surface area contributed by atoms with Crippen LogP contribution >= 0.6 is 27.0 Å². The lowest BCUT2D eigenvalue weighted by molar-refractivity contribution is 0.526. The molecule has 0 radical (unpaired) electrons. The standard InChI is InChI=1S/C22H46BrClSi/c1-25(2,24)22-20-18-16-14-12-10-8-6-4-3-5-7-9-11-13-15-17-19-21-23/h3-22H2,1-2H3. The summed E-state index contributed by atoms with van der Waals surface area (Å²) >= 11 is 9.85. The van der Waals surface area contributed by atoms with E-state index >= 15 is 0 Å². The maximum Gasteiger partial charge on any atom is 0.150 e. The third-order valence-electron chi connectivity index (χ3n) is 5.15. The van der Waals surface area contributed by atoms with Crippen LogP contribution in [0.1, 0.15) is 116 Å². The zero-order chi connectivity index (χ0) is 18.6. The van der Waals surface area contributed by atoms with Gasteiger partial charge in [0.1, 0.15) is 7.38 Å². The van der Waals surface area contributed by atoms with E-state index in [1.54, 1.807) is 0 Å². The van der Waals surface area contributed by atoms with Gasteiger partial charge in [-0.3, -0.25) is 0 Å². The Morgan fingerprint density at radius 1 is 0.480 bits per heavy atom. The first-order chi connectivity index (χ1) is 12.1. The monoisotopic (exact) mass is 452 g/mol. The zero-order valence-electron chi connectivity index (χ0n) is 17.4. The number of halogens is 2. The maximum atomic E-state index is 6.35. The van der Waals surface area contributed by atoms with Crippen LogP contribution in [0, 0.1) is 0 Å². The molecule has 25 heavy (non-hydrogen) atoms.